The van der Waals surface area contributed by atoms with Crippen LogP contribution in [0.2, 0.25) is 0 Å². The topological polar surface area (TPSA) is 92.2 Å². The number of nitrogens with one attached hydrogen (secondary N) is 1. The monoisotopic (exact) mass is 287 g/mol. The Morgan fingerprint density at radius 1 is 1.42 bits per heavy atom. The molecule has 0 radical (unpaired) electrons. The summed E-state index contributed by atoms with van der Waals surface area (Å²) in [4.78, 5) is 24.7. The number of rotatable bonds is 3. The fourth-order valence-electron chi connectivity index (χ4n) is 2.34. The molecule has 7 nitrogen and oxygen atoms in total. The molecule has 0 bridgehead atoms. The second-order valence-corrected chi connectivity index (χ2v) is 6.87. The van der Waals surface area contributed by atoms with Gasteiger partial charge in [0, 0.05) is 31.9 Å². The van der Waals surface area contributed by atoms with E-state index in [0.717, 1.165) is 12.8 Å². The zero-order chi connectivity index (χ0) is 14.0. The van der Waals surface area contributed by atoms with Gasteiger partial charge in [-0.05, 0) is 18.8 Å². The van der Waals surface area contributed by atoms with Crippen LogP contribution in [0.4, 0.5) is 0 Å². The standard InChI is InChI=1S/C11H17N3O4S/c1-19(17,18)14-5-2-3-9(8-14)7-13-6-4-10(15)12-11(13)16/h4,6,9H,2-3,5,7-8H2,1H3,(H,12,15,16). The number of nitrogens with zero attached hydrogens (tertiary/aromatic N) is 2. The van der Waals surface area contributed by atoms with E-state index in [1.807, 2.05) is 0 Å². The number of H-pyrrole nitrogens is 1. The highest BCUT2D eigenvalue weighted by molar-refractivity contribution is 7.88. The second-order valence-electron chi connectivity index (χ2n) is 4.89. The van der Waals surface area contributed by atoms with E-state index in [1.54, 1.807) is 0 Å². The Labute approximate surface area is 110 Å². The predicted octanol–water partition coefficient (Wildman–Crippen LogP) is -0.792. The van der Waals surface area contributed by atoms with Gasteiger partial charge < -0.3 is 4.57 Å². The van der Waals surface area contributed by atoms with Crippen molar-refractivity contribution < 1.29 is 8.42 Å². The van der Waals surface area contributed by atoms with Crippen molar-refractivity contribution in [1.82, 2.24) is 13.9 Å². The molecular weight excluding hydrogens is 270 g/mol. The van der Waals surface area contributed by atoms with Gasteiger partial charge in [0.1, 0.15) is 0 Å². The van der Waals surface area contributed by atoms with Crippen LogP contribution in [0.5, 0.6) is 0 Å². The largest absolute Gasteiger partial charge is 0.328 e. The molecule has 1 aromatic rings. The van der Waals surface area contributed by atoms with Crippen LogP contribution >= 0.6 is 0 Å². The first-order chi connectivity index (χ1) is 8.86. The molecule has 0 aromatic carbocycles. The van der Waals surface area contributed by atoms with Crippen molar-refractivity contribution in [1.29, 1.82) is 0 Å². The quantitative estimate of drug-likeness (QED) is 0.788. The number of hydrogen-bond donors (Lipinski definition) is 1. The van der Waals surface area contributed by atoms with Crippen molar-refractivity contribution in [3.05, 3.63) is 33.1 Å². The maximum absolute atomic E-state index is 11.6. The first kappa shape index (κ1) is 14.0. The van der Waals surface area contributed by atoms with Crippen LogP contribution in [0.1, 0.15) is 12.8 Å². The molecule has 1 saturated heterocycles. The first-order valence-electron chi connectivity index (χ1n) is 6.11. The molecule has 1 atom stereocenters. The van der Waals surface area contributed by atoms with Gasteiger partial charge in [0.2, 0.25) is 10.0 Å². The summed E-state index contributed by atoms with van der Waals surface area (Å²) in [6.45, 7) is 1.38. The minimum absolute atomic E-state index is 0.0899. The van der Waals surface area contributed by atoms with E-state index in [4.69, 9.17) is 0 Å². The van der Waals surface area contributed by atoms with Crippen molar-refractivity contribution >= 4 is 10.0 Å². The van der Waals surface area contributed by atoms with Crippen LogP contribution < -0.4 is 11.2 Å². The maximum atomic E-state index is 11.6. The van der Waals surface area contributed by atoms with E-state index in [-0.39, 0.29) is 5.92 Å². The van der Waals surface area contributed by atoms with Crippen LogP contribution in [-0.2, 0) is 16.6 Å². The van der Waals surface area contributed by atoms with Gasteiger partial charge in [-0.25, -0.2) is 17.5 Å². The Bertz CT molecular complexity index is 661. The Hall–Kier alpha value is -1.41. The third-order valence-corrected chi connectivity index (χ3v) is 4.57. The van der Waals surface area contributed by atoms with E-state index in [2.05, 4.69) is 4.98 Å². The molecule has 8 heteroatoms. The molecule has 2 heterocycles. The lowest BCUT2D eigenvalue weighted by molar-refractivity contribution is 0.244. The van der Waals surface area contributed by atoms with Crippen molar-refractivity contribution in [2.24, 2.45) is 5.92 Å². The average Bonchev–Trinajstić information content (AvgIpc) is 2.32. The van der Waals surface area contributed by atoms with Gasteiger partial charge >= 0.3 is 5.69 Å². The van der Waals surface area contributed by atoms with Gasteiger partial charge in [-0.1, -0.05) is 0 Å². The molecule has 19 heavy (non-hydrogen) atoms. The van der Waals surface area contributed by atoms with E-state index in [0.29, 0.717) is 19.6 Å². The van der Waals surface area contributed by atoms with Gasteiger partial charge in [0.15, 0.2) is 0 Å². The number of sulfonamides is 1. The van der Waals surface area contributed by atoms with E-state index in [1.165, 1.54) is 27.4 Å². The molecule has 2 rings (SSSR count). The zero-order valence-corrected chi connectivity index (χ0v) is 11.5. The van der Waals surface area contributed by atoms with Gasteiger partial charge in [0.25, 0.3) is 5.56 Å². The third-order valence-electron chi connectivity index (χ3n) is 3.30. The molecule has 1 N–H and O–H groups in total. The summed E-state index contributed by atoms with van der Waals surface area (Å²) in [7, 11) is -3.18. The number of aromatic amines is 1. The smallest absolute Gasteiger partial charge is 0.300 e. The lowest BCUT2D eigenvalue weighted by Crippen LogP contribution is -2.41. The van der Waals surface area contributed by atoms with E-state index >= 15 is 0 Å². The minimum Gasteiger partial charge on any atom is -0.300 e. The van der Waals surface area contributed by atoms with Crippen molar-refractivity contribution in [3.8, 4) is 0 Å². The normalized spacial score (nSPS) is 21.4. The third kappa shape index (κ3) is 3.54. The van der Waals surface area contributed by atoms with Gasteiger partial charge in [-0.15, -0.1) is 0 Å². The van der Waals surface area contributed by atoms with Crippen LogP contribution in [0.15, 0.2) is 21.9 Å². The molecule has 1 aliphatic heterocycles. The summed E-state index contributed by atoms with van der Waals surface area (Å²) in [6.07, 6.45) is 4.30. The first-order valence-corrected chi connectivity index (χ1v) is 7.96. The van der Waals surface area contributed by atoms with Crippen molar-refractivity contribution in [2.75, 3.05) is 19.3 Å². The van der Waals surface area contributed by atoms with Crippen LogP contribution in [0, 0.1) is 5.92 Å². The number of piperidine rings is 1. The molecule has 0 spiro atoms. The van der Waals surface area contributed by atoms with Gasteiger partial charge in [-0.2, -0.15) is 0 Å². The molecule has 1 fully saturated rings. The minimum atomic E-state index is -3.18. The van der Waals surface area contributed by atoms with Gasteiger partial charge in [0.05, 0.1) is 6.26 Å². The summed E-state index contributed by atoms with van der Waals surface area (Å²) >= 11 is 0. The fraction of sp³-hybridized carbons (Fsp3) is 0.636. The predicted molar refractivity (Wildman–Crippen MR) is 70.5 cm³/mol. The summed E-state index contributed by atoms with van der Waals surface area (Å²) in [6, 6.07) is 1.29. The summed E-state index contributed by atoms with van der Waals surface area (Å²) in [5, 5.41) is 0. The average molecular weight is 287 g/mol. The summed E-state index contributed by atoms with van der Waals surface area (Å²) < 4.78 is 25.9. The van der Waals surface area contributed by atoms with E-state index in [9.17, 15) is 18.0 Å². The summed E-state index contributed by atoms with van der Waals surface area (Å²) in [5.74, 6) is 0.0899. The lowest BCUT2D eigenvalue weighted by atomic mass is 10.00. The van der Waals surface area contributed by atoms with Crippen molar-refractivity contribution in [3.63, 3.8) is 0 Å². The summed E-state index contributed by atoms with van der Waals surface area (Å²) in [5.41, 5.74) is -0.883. The molecule has 0 aliphatic carbocycles. The maximum Gasteiger partial charge on any atom is 0.328 e. The molecule has 1 aromatic heterocycles. The molecule has 0 saturated carbocycles. The van der Waals surface area contributed by atoms with Gasteiger partial charge in [-0.3, -0.25) is 9.78 Å². The number of aromatic nitrogens is 2. The fourth-order valence-corrected chi connectivity index (χ4v) is 3.29. The molecular formula is C11H17N3O4S. The lowest BCUT2D eigenvalue weighted by Gasteiger charge is -2.31. The Kier molecular flexibility index (Phi) is 3.91. The molecule has 1 unspecified atom stereocenters. The highest BCUT2D eigenvalue weighted by Crippen LogP contribution is 2.19. The Balaban J connectivity index is 2.11. The number of hydrogen-bond acceptors (Lipinski definition) is 4. The van der Waals surface area contributed by atoms with Crippen LogP contribution in [-0.4, -0.2) is 41.6 Å². The zero-order valence-electron chi connectivity index (χ0n) is 10.7. The SMILES string of the molecule is CS(=O)(=O)N1CCCC(Cn2ccc(=O)[nH]c2=O)C1. The van der Waals surface area contributed by atoms with E-state index < -0.39 is 21.3 Å². The Morgan fingerprint density at radius 3 is 2.79 bits per heavy atom. The van der Waals surface area contributed by atoms with Crippen LogP contribution in [0.25, 0.3) is 0 Å². The van der Waals surface area contributed by atoms with Crippen LogP contribution in [0.3, 0.4) is 0 Å². The molecule has 0 amide bonds. The molecule has 106 valence electrons. The second kappa shape index (κ2) is 5.30. The van der Waals surface area contributed by atoms with Crippen molar-refractivity contribution in [2.45, 2.75) is 19.4 Å². The highest BCUT2D eigenvalue weighted by Gasteiger charge is 2.26. The Morgan fingerprint density at radius 2 is 2.16 bits per heavy atom. The highest BCUT2D eigenvalue weighted by atomic mass is 32.2. The molecule has 1 aliphatic rings.